The normalized spacial score (nSPS) is 12.2. The number of aliphatic hydroxyl groups is 1. The number of carbonyl (C=O) groups is 1. The summed E-state index contributed by atoms with van der Waals surface area (Å²) in [6.07, 6.45) is 1.76. The summed E-state index contributed by atoms with van der Waals surface area (Å²) < 4.78 is 0. The second kappa shape index (κ2) is 7.84. The van der Waals surface area contributed by atoms with E-state index in [1.54, 1.807) is 12.1 Å². The Bertz CT molecular complexity index is 363. The fourth-order valence-corrected chi connectivity index (χ4v) is 1.65. The van der Waals surface area contributed by atoms with E-state index in [-0.39, 0.29) is 5.91 Å². The molecule has 0 aromatic heterocycles. The lowest BCUT2D eigenvalue weighted by atomic mass is 10.1. The Kier molecular flexibility index (Phi) is 6.39. The minimum absolute atomic E-state index is 0.0930. The van der Waals surface area contributed by atoms with Crippen molar-refractivity contribution in [1.82, 2.24) is 5.32 Å². The maximum atomic E-state index is 10.9. The van der Waals surface area contributed by atoms with E-state index in [0.29, 0.717) is 6.54 Å². The lowest BCUT2D eigenvalue weighted by Gasteiger charge is -2.12. The molecule has 1 unspecified atom stereocenters. The first-order valence-electron chi connectivity index (χ1n) is 6.39. The van der Waals surface area contributed by atoms with Gasteiger partial charge in [0.1, 0.15) is 0 Å². The van der Waals surface area contributed by atoms with Gasteiger partial charge >= 0.3 is 0 Å². The molecule has 0 aliphatic carbocycles. The summed E-state index contributed by atoms with van der Waals surface area (Å²) in [5, 5.41) is 15.8. The van der Waals surface area contributed by atoms with Gasteiger partial charge in [-0.1, -0.05) is 25.5 Å². The third-order valence-corrected chi connectivity index (χ3v) is 2.66. The highest BCUT2D eigenvalue weighted by Gasteiger charge is 2.06. The maximum Gasteiger partial charge on any atom is 0.221 e. The Morgan fingerprint density at radius 3 is 2.56 bits per heavy atom. The fourth-order valence-electron chi connectivity index (χ4n) is 1.65. The van der Waals surface area contributed by atoms with Crippen LogP contribution < -0.4 is 10.6 Å². The third kappa shape index (κ3) is 5.29. The summed E-state index contributed by atoms with van der Waals surface area (Å²) in [5.41, 5.74) is 1.60. The standard InChI is InChI=1S/C14H22N2O2/c1-3-4-9-15-10-14(18)12-5-7-13(8-6-12)16-11(2)17/h5-8,14-15,18H,3-4,9-10H2,1-2H3,(H,16,17). The van der Waals surface area contributed by atoms with Crippen LogP contribution in [0.5, 0.6) is 0 Å². The molecule has 1 aromatic carbocycles. The summed E-state index contributed by atoms with van der Waals surface area (Å²) in [4.78, 5) is 10.9. The smallest absolute Gasteiger partial charge is 0.221 e. The van der Waals surface area contributed by atoms with Crippen LogP contribution >= 0.6 is 0 Å². The molecule has 100 valence electrons. The zero-order valence-electron chi connectivity index (χ0n) is 11.1. The van der Waals surface area contributed by atoms with Gasteiger partial charge in [-0.05, 0) is 30.7 Å². The Morgan fingerprint density at radius 2 is 2.00 bits per heavy atom. The molecule has 0 saturated carbocycles. The van der Waals surface area contributed by atoms with E-state index in [0.717, 1.165) is 30.6 Å². The van der Waals surface area contributed by atoms with Gasteiger partial charge in [-0.3, -0.25) is 4.79 Å². The first kappa shape index (κ1) is 14.7. The van der Waals surface area contributed by atoms with Crippen LogP contribution in [0, 0.1) is 0 Å². The molecule has 1 rings (SSSR count). The van der Waals surface area contributed by atoms with E-state index < -0.39 is 6.10 Å². The Labute approximate surface area is 108 Å². The summed E-state index contributed by atoms with van der Waals surface area (Å²) >= 11 is 0. The van der Waals surface area contributed by atoms with Gasteiger partial charge in [-0.25, -0.2) is 0 Å². The van der Waals surface area contributed by atoms with Crippen LogP contribution in [0.25, 0.3) is 0 Å². The Balaban J connectivity index is 2.43. The summed E-state index contributed by atoms with van der Waals surface area (Å²) in [6.45, 7) is 5.09. The van der Waals surface area contributed by atoms with Gasteiger partial charge in [0.2, 0.25) is 5.91 Å². The largest absolute Gasteiger partial charge is 0.387 e. The molecule has 0 fully saturated rings. The van der Waals surface area contributed by atoms with E-state index in [2.05, 4.69) is 17.6 Å². The molecule has 0 spiro atoms. The third-order valence-electron chi connectivity index (χ3n) is 2.66. The number of hydrogen-bond acceptors (Lipinski definition) is 3. The number of hydrogen-bond donors (Lipinski definition) is 3. The number of nitrogens with one attached hydrogen (secondary N) is 2. The molecule has 1 amide bonds. The lowest BCUT2D eigenvalue weighted by molar-refractivity contribution is -0.114. The molecule has 4 heteroatoms. The minimum atomic E-state index is -0.506. The number of unbranched alkanes of at least 4 members (excludes halogenated alkanes) is 1. The second-order valence-corrected chi connectivity index (χ2v) is 4.38. The summed E-state index contributed by atoms with van der Waals surface area (Å²) in [7, 11) is 0. The van der Waals surface area contributed by atoms with E-state index in [9.17, 15) is 9.90 Å². The second-order valence-electron chi connectivity index (χ2n) is 4.38. The first-order valence-corrected chi connectivity index (χ1v) is 6.39. The predicted molar refractivity (Wildman–Crippen MR) is 73.5 cm³/mol. The highest BCUT2D eigenvalue weighted by atomic mass is 16.3. The van der Waals surface area contributed by atoms with Gasteiger partial charge in [0, 0.05) is 19.2 Å². The molecule has 0 saturated heterocycles. The molecule has 4 nitrogen and oxygen atoms in total. The molecular formula is C14H22N2O2. The van der Waals surface area contributed by atoms with Crippen LogP contribution in [0.4, 0.5) is 5.69 Å². The summed E-state index contributed by atoms with van der Waals surface area (Å²) in [6, 6.07) is 7.26. The van der Waals surface area contributed by atoms with E-state index in [4.69, 9.17) is 0 Å². The van der Waals surface area contributed by atoms with Gasteiger partial charge in [0.05, 0.1) is 6.10 Å². The average molecular weight is 250 g/mol. The molecule has 0 aliphatic heterocycles. The van der Waals surface area contributed by atoms with Gasteiger partial charge < -0.3 is 15.7 Å². The molecule has 18 heavy (non-hydrogen) atoms. The number of benzene rings is 1. The highest BCUT2D eigenvalue weighted by molar-refractivity contribution is 5.88. The molecule has 1 aromatic rings. The molecule has 0 aliphatic rings. The number of aliphatic hydroxyl groups excluding tert-OH is 1. The number of rotatable bonds is 7. The van der Waals surface area contributed by atoms with Gasteiger partial charge in [0.25, 0.3) is 0 Å². The van der Waals surface area contributed by atoms with Crippen LogP contribution in [-0.4, -0.2) is 24.1 Å². The Hall–Kier alpha value is -1.39. The minimum Gasteiger partial charge on any atom is -0.387 e. The van der Waals surface area contributed by atoms with Crippen molar-refractivity contribution in [3.05, 3.63) is 29.8 Å². The fraction of sp³-hybridized carbons (Fsp3) is 0.500. The molecule has 0 radical (unpaired) electrons. The van der Waals surface area contributed by atoms with Crippen molar-refractivity contribution in [2.75, 3.05) is 18.4 Å². The maximum absolute atomic E-state index is 10.9. The van der Waals surface area contributed by atoms with Crippen molar-refractivity contribution < 1.29 is 9.90 Å². The zero-order chi connectivity index (χ0) is 13.4. The van der Waals surface area contributed by atoms with Gasteiger partial charge in [-0.2, -0.15) is 0 Å². The SMILES string of the molecule is CCCCNCC(O)c1ccc(NC(C)=O)cc1. The van der Waals surface area contributed by atoms with E-state index >= 15 is 0 Å². The molecule has 1 atom stereocenters. The van der Waals surface area contributed by atoms with Crippen LogP contribution in [0.2, 0.25) is 0 Å². The predicted octanol–water partition coefficient (Wildman–Crippen LogP) is 2.07. The topological polar surface area (TPSA) is 61.4 Å². The number of anilines is 1. The van der Waals surface area contributed by atoms with Crippen LogP contribution in [0.1, 0.15) is 38.4 Å². The Morgan fingerprint density at radius 1 is 1.33 bits per heavy atom. The van der Waals surface area contributed by atoms with E-state index in [1.165, 1.54) is 6.92 Å². The van der Waals surface area contributed by atoms with Crippen molar-refractivity contribution in [2.45, 2.75) is 32.8 Å². The molecule has 0 heterocycles. The average Bonchev–Trinajstić information content (AvgIpc) is 2.34. The molecular weight excluding hydrogens is 228 g/mol. The van der Waals surface area contributed by atoms with Crippen molar-refractivity contribution >= 4 is 11.6 Å². The van der Waals surface area contributed by atoms with Crippen LogP contribution in [-0.2, 0) is 4.79 Å². The van der Waals surface area contributed by atoms with Crippen molar-refractivity contribution in [3.8, 4) is 0 Å². The molecule has 0 bridgehead atoms. The first-order chi connectivity index (χ1) is 8.63. The van der Waals surface area contributed by atoms with Crippen molar-refractivity contribution in [1.29, 1.82) is 0 Å². The van der Waals surface area contributed by atoms with Gasteiger partial charge in [0.15, 0.2) is 0 Å². The number of carbonyl (C=O) groups excluding carboxylic acids is 1. The van der Waals surface area contributed by atoms with Crippen molar-refractivity contribution in [3.63, 3.8) is 0 Å². The highest BCUT2D eigenvalue weighted by Crippen LogP contribution is 2.15. The lowest BCUT2D eigenvalue weighted by Crippen LogP contribution is -2.22. The molecule has 3 N–H and O–H groups in total. The van der Waals surface area contributed by atoms with Crippen LogP contribution in [0.15, 0.2) is 24.3 Å². The zero-order valence-corrected chi connectivity index (χ0v) is 11.1. The van der Waals surface area contributed by atoms with Gasteiger partial charge in [-0.15, -0.1) is 0 Å². The monoisotopic (exact) mass is 250 g/mol. The number of amides is 1. The van der Waals surface area contributed by atoms with E-state index in [1.807, 2.05) is 12.1 Å². The summed E-state index contributed by atoms with van der Waals surface area (Å²) in [5.74, 6) is -0.0930. The van der Waals surface area contributed by atoms with Crippen LogP contribution in [0.3, 0.4) is 0 Å². The van der Waals surface area contributed by atoms with Crippen molar-refractivity contribution in [2.24, 2.45) is 0 Å². The quantitative estimate of drug-likeness (QED) is 0.649.